The smallest absolute Gasteiger partial charge is 0.347 e. The van der Waals surface area contributed by atoms with Crippen LogP contribution in [0.3, 0.4) is 0 Å². The van der Waals surface area contributed by atoms with Gasteiger partial charge in [0.1, 0.15) is 16.9 Å². The second-order valence-corrected chi connectivity index (χ2v) is 6.26. The first-order valence-electron chi connectivity index (χ1n) is 8.08. The molecule has 4 N–H and O–H groups in total. The molecule has 0 spiro atoms. The molecule has 0 radical (unpaired) electrons. The van der Waals surface area contributed by atoms with E-state index in [0.717, 1.165) is 0 Å². The van der Waals surface area contributed by atoms with Crippen LogP contribution in [0.4, 0.5) is 0 Å². The fraction of sp³-hybridized carbons (Fsp3) is 0.421. The Morgan fingerprint density at radius 3 is 2.46 bits per heavy atom. The zero-order valence-electron chi connectivity index (χ0n) is 15.0. The number of allylic oxidation sites excluding steroid dienone is 2. The number of aromatic hydroxyl groups is 1. The van der Waals surface area contributed by atoms with Gasteiger partial charge in [0.2, 0.25) is 0 Å². The maximum absolute atomic E-state index is 12.2. The summed E-state index contributed by atoms with van der Waals surface area (Å²) < 4.78 is 5.25. The molecule has 0 fully saturated rings. The lowest BCUT2D eigenvalue weighted by molar-refractivity contribution is 0.159. The minimum absolute atomic E-state index is 0. The zero-order chi connectivity index (χ0) is 18.5. The maximum Gasteiger partial charge on any atom is 0.347 e. The number of para-hydroxylation sites is 1. The molecule has 2 rings (SSSR count). The summed E-state index contributed by atoms with van der Waals surface area (Å²) in [5, 5.41) is 20.2. The van der Waals surface area contributed by atoms with Gasteiger partial charge in [-0.25, -0.2) is 4.79 Å². The third-order valence-electron chi connectivity index (χ3n) is 3.74. The monoisotopic (exact) mass is 335 g/mol. The molecule has 0 atom stereocenters. The number of benzene rings is 1. The number of rotatable bonds is 4. The van der Waals surface area contributed by atoms with Gasteiger partial charge in [-0.3, -0.25) is 0 Å². The number of aliphatic hydroxyl groups excluding tert-OH is 1. The summed E-state index contributed by atoms with van der Waals surface area (Å²) >= 11 is 0. The summed E-state index contributed by atoms with van der Waals surface area (Å²) in [7, 11) is 0. The molecule has 134 valence electrons. The molecule has 2 aromatic rings. The SMILES string of the molecule is C/C(=C(/N)CC(C)(C)CO)c1c(O)c2ccccc2oc1=O.CC.[HH]. The Labute approximate surface area is 143 Å². The standard InChI is InChI=1S/C17H21NO4.C2H6.H2/c1-10(12(18)8-17(2,3)9-19)14-15(20)11-6-4-5-7-13(11)22-16(14)21;1-2;/h4-7,19-20H,8-9,18H2,1-3H3;1-2H3;1H/b12-10-;;. The molecule has 5 nitrogen and oxygen atoms in total. The number of nitrogens with two attached hydrogens (primary N) is 1. The van der Waals surface area contributed by atoms with Crippen LogP contribution in [0.1, 0.15) is 48.0 Å². The molecule has 0 aliphatic heterocycles. The van der Waals surface area contributed by atoms with Crippen molar-refractivity contribution in [1.29, 1.82) is 0 Å². The lowest BCUT2D eigenvalue weighted by Crippen LogP contribution is -2.21. The molecule has 5 heteroatoms. The number of aliphatic hydroxyl groups is 1. The fourth-order valence-electron chi connectivity index (χ4n) is 2.33. The quantitative estimate of drug-likeness (QED) is 0.737. The third-order valence-corrected chi connectivity index (χ3v) is 3.74. The van der Waals surface area contributed by atoms with Crippen molar-refractivity contribution in [3.8, 4) is 5.75 Å². The summed E-state index contributed by atoms with van der Waals surface area (Å²) in [6.45, 7) is 9.38. The van der Waals surface area contributed by atoms with Crippen molar-refractivity contribution in [3.05, 3.63) is 45.9 Å². The molecule has 0 saturated heterocycles. The summed E-state index contributed by atoms with van der Waals surface area (Å²) in [6.07, 6.45) is 0.404. The van der Waals surface area contributed by atoms with E-state index >= 15 is 0 Å². The van der Waals surface area contributed by atoms with Crippen molar-refractivity contribution in [2.75, 3.05) is 6.61 Å². The van der Waals surface area contributed by atoms with Gasteiger partial charge in [0.25, 0.3) is 0 Å². The van der Waals surface area contributed by atoms with Crippen molar-refractivity contribution in [1.82, 2.24) is 0 Å². The van der Waals surface area contributed by atoms with Gasteiger partial charge in [0.05, 0.1) is 5.39 Å². The predicted octanol–water partition coefficient (Wildman–Crippen LogP) is 3.87. The van der Waals surface area contributed by atoms with Crippen LogP contribution in [0.15, 0.2) is 39.2 Å². The van der Waals surface area contributed by atoms with E-state index < -0.39 is 11.0 Å². The molecule has 0 saturated carbocycles. The Hall–Kier alpha value is -2.27. The second kappa shape index (κ2) is 8.02. The van der Waals surface area contributed by atoms with Crippen molar-refractivity contribution < 1.29 is 16.1 Å². The maximum atomic E-state index is 12.2. The lowest BCUT2D eigenvalue weighted by atomic mass is 9.87. The molecule has 0 aliphatic rings. The highest BCUT2D eigenvalue weighted by Gasteiger charge is 2.22. The molecule has 1 aromatic heterocycles. The minimum atomic E-state index is -0.626. The van der Waals surface area contributed by atoms with E-state index in [1.54, 1.807) is 31.2 Å². The van der Waals surface area contributed by atoms with Gasteiger partial charge in [0.15, 0.2) is 0 Å². The van der Waals surface area contributed by atoms with Crippen LogP contribution in [0, 0.1) is 5.41 Å². The lowest BCUT2D eigenvalue weighted by Gasteiger charge is -2.22. The van der Waals surface area contributed by atoms with E-state index in [1.807, 2.05) is 27.7 Å². The van der Waals surface area contributed by atoms with E-state index in [2.05, 4.69) is 0 Å². The van der Waals surface area contributed by atoms with Crippen LogP contribution in [-0.2, 0) is 0 Å². The zero-order valence-corrected chi connectivity index (χ0v) is 15.0. The Kier molecular flexibility index (Phi) is 6.60. The van der Waals surface area contributed by atoms with Crippen molar-refractivity contribution >= 4 is 16.5 Å². The first-order valence-corrected chi connectivity index (χ1v) is 8.08. The van der Waals surface area contributed by atoms with Gasteiger partial charge in [-0.1, -0.05) is 39.8 Å². The molecular weight excluding hydrogens is 306 g/mol. The summed E-state index contributed by atoms with van der Waals surface area (Å²) in [5.41, 5.74) is 6.35. The largest absolute Gasteiger partial charge is 0.506 e. The van der Waals surface area contributed by atoms with Crippen LogP contribution < -0.4 is 11.4 Å². The van der Waals surface area contributed by atoms with Crippen molar-refractivity contribution in [2.45, 2.75) is 41.0 Å². The van der Waals surface area contributed by atoms with Crippen LogP contribution in [0.5, 0.6) is 5.75 Å². The highest BCUT2D eigenvalue weighted by atomic mass is 16.4. The first-order chi connectivity index (χ1) is 11.3. The molecule has 0 aliphatic carbocycles. The Balaban J connectivity index is 0.00000185. The number of fused-ring (bicyclic) bond motifs is 1. The van der Waals surface area contributed by atoms with E-state index in [9.17, 15) is 15.0 Å². The molecule has 1 aromatic carbocycles. The Morgan fingerprint density at radius 2 is 1.88 bits per heavy atom. The van der Waals surface area contributed by atoms with Crippen LogP contribution in [0.2, 0.25) is 0 Å². The topological polar surface area (TPSA) is 96.7 Å². The van der Waals surface area contributed by atoms with Gasteiger partial charge in [-0.05, 0) is 36.5 Å². The molecule has 24 heavy (non-hydrogen) atoms. The van der Waals surface area contributed by atoms with Crippen LogP contribution in [0.25, 0.3) is 16.5 Å². The number of hydrogen-bond acceptors (Lipinski definition) is 5. The predicted molar refractivity (Wildman–Crippen MR) is 99.9 cm³/mol. The van der Waals surface area contributed by atoms with Gasteiger partial charge in [-0.2, -0.15) is 0 Å². The number of hydrogen-bond donors (Lipinski definition) is 3. The first kappa shape index (κ1) is 19.8. The Bertz CT molecular complexity index is 794. The van der Waals surface area contributed by atoms with E-state index in [4.69, 9.17) is 10.2 Å². The van der Waals surface area contributed by atoms with Crippen LogP contribution in [-0.4, -0.2) is 16.8 Å². The van der Waals surface area contributed by atoms with Gasteiger partial charge < -0.3 is 20.4 Å². The average molecular weight is 335 g/mol. The molecule has 0 bridgehead atoms. The van der Waals surface area contributed by atoms with E-state index in [0.29, 0.717) is 28.7 Å². The van der Waals surface area contributed by atoms with Gasteiger partial charge in [0, 0.05) is 13.7 Å². The summed E-state index contributed by atoms with van der Waals surface area (Å²) in [6, 6.07) is 6.78. The van der Waals surface area contributed by atoms with Gasteiger partial charge in [-0.15, -0.1) is 0 Å². The van der Waals surface area contributed by atoms with E-state index in [-0.39, 0.29) is 19.3 Å². The molecule has 0 amide bonds. The minimum Gasteiger partial charge on any atom is -0.506 e. The fourth-order valence-corrected chi connectivity index (χ4v) is 2.33. The highest BCUT2D eigenvalue weighted by Crippen LogP contribution is 2.33. The van der Waals surface area contributed by atoms with Gasteiger partial charge >= 0.3 is 5.63 Å². The van der Waals surface area contributed by atoms with Crippen molar-refractivity contribution in [2.24, 2.45) is 11.1 Å². The Morgan fingerprint density at radius 1 is 1.29 bits per heavy atom. The molecular formula is C19H29NO4. The third kappa shape index (κ3) is 4.17. The van der Waals surface area contributed by atoms with Crippen LogP contribution >= 0.6 is 0 Å². The van der Waals surface area contributed by atoms with Crippen molar-refractivity contribution in [3.63, 3.8) is 0 Å². The molecule has 0 unspecified atom stereocenters. The summed E-state index contributed by atoms with van der Waals surface area (Å²) in [5.74, 6) is -0.130. The average Bonchev–Trinajstić information content (AvgIpc) is 2.56. The highest BCUT2D eigenvalue weighted by molar-refractivity contribution is 5.88. The second-order valence-electron chi connectivity index (χ2n) is 6.26. The van der Waals surface area contributed by atoms with E-state index in [1.165, 1.54) is 0 Å². The summed E-state index contributed by atoms with van der Waals surface area (Å²) in [4.78, 5) is 12.2. The molecule has 1 heterocycles. The normalized spacial score (nSPS) is 12.4.